The van der Waals surface area contributed by atoms with Crippen molar-refractivity contribution < 1.29 is 0 Å². The predicted octanol–water partition coefficient (Wildman–Crippen LogP) is 1.68. The van der Waals surface area contributed by atoms with Crippen molar-refractivity contribution in [1.29, 1.82) is 0 Å². The fraction of sp³-hybridized carbons (Fsp3) is 0.300. The smallest absolute Gasteiger partial charge is 0.111 e. The summed E-state index contributed by atoms with van der Waals surface area (Å²) in [5.74, 6) is 1.11. The molecule has 72 valence electrons. The Kier molecular flexibility index (Phi) is 1.69. The lowest BCUT2D eigenvalue weighted by atomic mass is 10.2. The minimum Gasteiger partial charge on any atom is -0.326 e. The van der Waals surface area contributed by atoms with E-state index in [-0.39, 0.29) is 6.04 Å². The van der Waals surface area contributed by atoms with Crippen molar-refractivity contribution in [3.63, 3.8) is 0 Å². The molecule has 2 aromatic rings. The topological polar surface area (TPSA) is 43.8 Å². The Morgan fingerprint density at radius 2 is 2.36 bits per heavy atom. The monoisotopic (exact) mass is 251 g/mol. The third-order valence-electron chi connectivity index (χ3n) is 2.67. The number of rotatable bonds is 0. The Balaban J connectivity index is 2.33. The highest BCUT2D eigenvalue weighted by Crippen LogP contribution is 2.27. The van der Waals surface area contributed by atoms with Crippen molar-refractivity contribution in [2.75, 3.05) is 0 Å². The molecule has 4 heteroatoms. The molecule has 1 aromatic heterocycles. The molecular weight excluding hydrogens is 242 g/mol. The fourth-order valence-corrected chi connectivity index (χ4v) is 2.50. The Labute approximate surface area is 90.0 Å². The molecule has 14 heavy (non-hydrogen) atoms. The van der Waals surface area contributed by atoms with E-state index in [2.05, 4.69) is 31.5 Å². The molecule has 1 aliphatic rings. The van der Waals surface area contributed by atoms with Crippen molar-refractivity contribution in [3.05, 3.63) is 28.5 Å². The molecule has 1 aliphatic heterocycles. The number of nitrogens with two attached hydrogens (primary N) is 1. The summed E-state index contributed by atoms with van der Waals surface area (Å²) >= 11 is 3.51. The van der Waals surface area contributed by atoms with Crippen LogP contribution in [0.2, 0.25) is 0 Å². The van der Waals surface area contributed by atoms with Crippen LogP contribution in [-0.4, -0.2) is 15.6 Å². The van der Waals surface area contributed by atoms with Gasteiger partial charge in [0, 0.05) is 23.5 Å². The summed E-state index contributed by atoms with van der Waals surface area (Å²) in [4.78, 5) is 4.58. The number of hydrogen-bond donors (Lipinski definition) is 1. The van der Waals surface area contributed by atoms with Gasteiger partial charge in [-0.25, -0.2) is 4.98 Å². The van der Waals surface area contributed by atoms with Gasteiger partial charge in [0.15, 0.2) is 0 Å². The second-order valence-corrected chi connectivity index (χ2v) is 4.56. The summed E-state index contributed by atoms with van der Waals surface area (Å²) < 4.78 is 3.27. The van der Waals surface area contributed by atoms with Crippen LogP contribution in [0, 0.1) is 0 Å². The summed E-state index contributed by atoms with van der Waals surface area (Å²) in [5.41, 5.74) is 8.12. The molecule has 1 aromatic carbocycles. The lowest BCUT2D eigenvalue weighted by molar-refractivity contribution is 0.652. The molecule has 2 heterocycles. The summed E-state index contributed by atoms with van der Waals surface area (Å²) in [7, 11) is 0. The van der Waals surface area contributed by atoms with Crippen LogP contribution in [0.15, 0.2) is 22.7 Å². The predicted molar refractivity (Wildman–Crippen MR) is 59.1 cm³/mol. The van der Waals surface area contributed by atoms with Gasteiger partial charge in [0.1, 0.15) is 11.3 Å². The van der Waals surface area contributed by atoms with Crippen LogP contribution in [0.3, 0.4) is 0 Å². The average molecular weight is 252 g/mol. The van der Waals surface area contributed by atoms with E-state index >= 15 is 0 Å². The molecule has 0 saturated heterocycles. The van der Waals surface area contributed by atoms with Gasteiger partial charge < -0.3 is 10.3 Å². The van der Waals surface area contributed by atoms with Gasteiger partial charge in [-0.15, -0.1) is 0 Å². The molecule has 0 bridgehead atoms. The summed E-state index contributed by atoms with van der Waals surface area (Å²) in [6, 6.07) is 6.38. The maximum atomic E-state index is 5.89. The summed E-state index contributed by atoms with van der Waals surface area (Å²) in [6.45, 7) is 0.891. The first kappa shape index (κ1) is 8.44. The number of nitrogens with zero attached hydrogens (tertiary/aromatic N) is 2. The Hall–Kier alpha value is -0.870. The van der Waals surface area contributed by atoms with Crippen LogP contribution >= 0.6 is 15.9 Å². The highest BCUT2D eigenvalue weighted by molar-refractivity contribution is 9.10. The first-order valence-corrected chi connectivity index (χ1v) is 5.44. The molecule has 2 N–H and O–H groups in total. The number of aromatic nitrogens is 2. The lowest BCUT2D eigenvalue weighted by Gasteiger charge is -2.01. The van der Waals surface area contributed by atoms with Gasteiger partial charge in [0.2, 0.25) is 0 Å². The van der Waals surface area contributed by atoms with Crippen LogP contribution in [0.25, 0.3) is 11.0 Å². The zero-order valence-corrected chi connectivity index (χ0v) is 9.16. The van der Waals surface area contributed by atoms with E-state index in [4.69, 9.17) is 5.73 Å². The quantitative estimate of drug-likeness (QED) is 0.775. The molecule has 3 nitrogen and oxygen atoms in total. The van der Waals surface area contributed by atoms with Crippen LogP contribution in [0.5, 0.6) is 0 Å². The fourth-order valence-electron chi connectivity index (χ4n) is 2.05. The minimum absolute atomic E-state index is 0.237. The zero-order valence-electron chi connectivity index (χ0n) is 7.57. The number of hydrogen-bond acceptors (Lipinski definition) is 2. The lowest BCUT2D eigenvalue weighted by Crippen LogP contribution is -2.20. The van der Waals surface area contributed by atoms with Gasteiger partial charge in [-0.05, 0) is 28.1 Å². The normalized spacial score (nSPS) is 20.3. The molecule has 1 atom stereocenters. The van der Waals surface area contributed by atoms with Crippen molar-refractivity contribution in [3.8, 4) is 0 Å². The van der Waals surface area contributed by atoms with E-state index < -0.39 is 0 Å². The van der Waals surface area contributed by atoms with Crippen LogP contribution in [0.1, 0.15) is 5.82 Å². The zero-order chi connectivity index (χ0) is 9.71. The minimum atomic E-state index is 0.237. The van der Waals surface area contributed by atoms with Crippen molar-refractivity contribution in [2.24, 2.45) is 5.73 Å². The van der Waals surface area contributed by atoms with Crippen LogP contribution < -0.4 is 5.73 Å². The van der Waals surface area contributed by atoms with Gasteiger partial charge in [-0.1, -0.05) is 6.07 Å². The largest absolute Gasteiger partial charge is 0.326 e. The highest BCUT2D eigenvalue weighted by Gasteiger charge is 2.22. The standard InChI is InChI=1S/C10H10BrN3/c11-7-2-1-3-8-10(7)13-9-4-6(12)5-14(8)9/h1-3,6H,4-5,12H2. The van der Waals surface area contributed by atoms with Crippen molar-refractivity contribution in [2.45, 2.75) is 19.0 Å². The van der Waals surface area contributed by atoms with E-state index in [9.17, 15) is 0 Å². The molecule has 3 rings (SSSR count). The Bertz CT molecular complexity index is 503. The Morgan fingerprint density at radius 1 is 1.50 bits per heavy atom. The molecule has 0 radical (unpaired) electrons. The number of para-hydroxylation sites is 1. The second kappa shape index (κ2) is 2.81. The summed E-state index contributed by atoms with van der Waals surface area (Å²) in [5, 5.41) is 0. The third-order valence-corrected chi connectivity index (χ3v) is 3.31. The molecular formula is C10H10BrN3. The highest BCUT2D eigenvalue weighted by atomic mass is 79.9. The van der Waals surface area contributed by atoms with Crippen molar-refractivity contribution in [1.82, 2.24) is 9.55 Å². The van der Waals surface area contributed by atoms with Gasteiger partial charge in [-0.3, -0.25) is 0 Å². The van der Waals surface area contributed by atoms with Crippen LogP contribution in [0.4, 0.5) is 0 Å². The molecule has 0 fully saturated rings. The van der Waals surface area contributed by atoms with Gasteiger partial charge >= 0.3 is 0 Å². The second-order valence-electron chi connectivity index (χ2n) is 3.71. The van der Waals surface area contributed by atoms with E-state index in [0.29, 0.717) is 0 Å². The maximum Gasteiger partial charge on any atom is 0.111 e. The first-order valence-electron chi connectivity index (χ1n) is 4.65. The maximum absolute atomic E-state index is 5.89. The van der Waals surface area contributed by atoms with Crippen LogP contribution in [-0.2, 0) is 13.0 Å². The van der Waals surface area contributed by atoms with E-state index in [0.717, 1.165) is 28.8 Å². The van der Waals surface area contributed by atoms with Gasteiger partial charge in [0.25, 0.3) is 0 Å². The van der Waals surface area contributed by atoms with E-state index in [1.54, 1.807) is 0 Å². The number of benzene rings is 1. The summed E-state index contributed by atoms with van der Waals surface area (Å²) in [6.07, 6.45) is 0.890. The molecule has 1 unspecified atom stereocenters. The molecule has 0 saturated carbocycles. The molecule has 0 aliphatic carbocycles. The van der Waals surface area contributed by atoms with E-state index in [1.165, 1.54) is 5.52 Å². The van der Waals surface area contributed by atoms with E-state index in [1.807, 2.05) is 12.1 Å². The third kappa shape index (κ3) is 1.04. The van der Waals surface area contributed by atoms with Crippen molar-refractivity contribution >= 4 is 27.0 Å². The molecule has 0 amide bonds. The Morgan fingerprint density at radius 3 is 3.21 bits per heavy atom. The number of fused-ring (bicyclic) bond motifs is 3. The molecule has 0 spiro atoms. The average Bonchev–Trinajstić information content (AvgIpc) is 2.63. The van der Waals surface area contributed by atoms with Gasteiger partial charge in [0.05, 0.1) is 5.52 Å². The SMILES string of the molecule is NC1Cc2nc3c(Br)cccc3n2C1. The first-order chi connectivity index (χ1) is 6.75. The number of imidazole rings is 1. The van der Waals surface area contributed by atoms with Gasteiger partial charge in [-0.2, -0.15) is 0 Å². The number of halogens is 1.